The number of anilines is 1. The maximum atomic E-state index is 12.5. The number of carbonyl (C=O) groups excluding carboxylic acids is 2. The Morgan fingerprint density at radius 2 is 1.86 bits per heavy atom. The molecular weight excluding hydrogens is 410 g/mol. The monoisotopic (exact) mass is 427 g/mol. The lowest BCUT2D eigenvalue weighted by Crippen LogP contribution is -2.08. The number of hydrogen-bond acceptors (Lipinski definition) is 7. The fourth-order valence-corrected chi connectivity index (χ4v) is 3.50. The minimum atomic E-state index is -1.53. The van der Waals surface area contributed by atoms with Crippen molar-refractivity contribution >= 4 is 39.5 Å². The van der Waals surface area contributed by atoms with E-state index in [0.717, 1.165) is 11.8 Å². The molecule has 0 aliphatic heterocycles. The first-order chi connectivity index (χ1) is 14.0. The van der Waals surface area contributed by atoms with E-state index in [9.17, 15) is 13.8 Å². The number of rotatable bonds is 8. The van der Waals surface area contributed by atoms with Crippen molar-refractivity contribution in [2.45, 2.75) is 11.8 Å². The number of aromatic nitrogens is 2. The van der Waals surface area contributed by atoms with E-state index in [1.54, 1.807) is 54.7 Å². The van der Waals surface area contributed by atoms with Gasteiger partial charge in [0, 0.05) is 30.9 Å². The van der Waals surface area contributed by atoms with Gasteiger partial charge in [0.15, 0.2) is 21.9 Å². The Morgan fingerprint density at radius 3 is 2.48 bits per heavy atom. The molecule has 1 aromatic carbocycles. The number of carbonyl (C=O) groups is 2. The van der Waals surface area contributed by atoms with E-state index >= 15 is 0 Å². The summed E-state index contributed by atoms with van der Waals surface area (Å²) in [5.41, 5.74) is 0.395. The molecule has 1 atom stereocenters. The fourth-order valence-electron chi connectivity index (χ4n) is 2.18. The molecule has 1 unspecified atom stereocenters. The number of nitrogens with zero attached hydrogens (tertiary/aromatic N) is 2. The third-order valence-electron chi connectivity index (χ3n) is 3.59. The van der Waals surface area contributed by atoms with Crippen LogP contribution in [0.3, 0.4) is 0 Å². The first-order valence-corrected chi connectivity index (χ1v) is 10.6. The Hall–Kier alpha value is -3.04. The Morgan fingerprint density at radius 1 is 1.07 bits per heavy atom. The van der Waals surface area contributed by atoms with Crippen LogP contribution < -0.4 is 9.46 Å². The molecule has 0 spiro atoms. The van der Waals surface area contributed by atoms with Gasteiger partial charge in [-0.15, -0.1) is 0 Å². The van der Waals surface area contributed by atoms with Crippen molar-refractivity contribution in [1.82, 2.24) is 9.97 Å². The SMILES string of the molecule is CC(=O)SCC(=O)c1ccc(NS(=O)c2ccc(Oc3ccccn3)cc2)nc1. The molecule has 7 nitrogen and oxygen atoms in total. The summed E-state index contributed by atoms with van der Waals surface area (Å²) in [5.74, 6) is 1.30. The number of ketones is 1. The average molecular weight is 428 g/mol. The first kappa shape index (κ1) is 20.7. The summed E-state index contributed by atoms with van der Waals surface area (Å²) in [6, 6.07) is 15.3. The highest BCUT2D eigenvalue weighted by molar-refractivity contribution is 8.14. The average Bonchev–Trinajstić information content (AvgIpc) is 2.74. The summed E-state index contributed by atoms with van der Waals surface area (Å²) < 4.78 is 20.9. The Kier molecular flexibility index (Phi) is 7.09. The van der Waals surface area contributed by atoms with Gasteiger partial charge in [-0.1, -0.05) is 17.8 Å². The number of ether oxygens (including phenoxy) is 1. The van der Waals surface area contributed by atoms with Gasteiger partial charge in [0.1, 0.15) is 11.6 Å². The van der Waals surface area contributed by atoms with Crippen molar-refractivity contribution in [2.24, 2.45) is 0 Å². The Balaban J connectivity index is 1.58. The normalized spacial score (nSPS) is 11.5. The molecule has 0 amide bonds. The number of Topliss-reactive ketones (excluding diaryl/α,β-unsaturated/α-hetero) is 1. The lowest BCUT2D eigenvalue weighted by molar-refractivity contribution is -0.109. The van der Waals surface area contributed by atoms with E-state index in [1.807, 2.05) is 6.07 Å². The molecule has 0 saturated heterocycles. The molecule has 2 heterocycles. The maximum absolute atomic E-state index is 12.5. The van der Waals surface area contributed by atoms with Gasteiger partial charge in [-0.25, -0.2) is 14.2 Å². The molecule has 9 heteroatoms. The second-order valence-electron chi connectivity index (χ2n) is 5.75. The lowest BCUT2D eigenvalue weighted by Gasteiger charge is -2.08. The van der Waals surface area contributed by atoms with E-state index in [4.69, 9.17) is 4.74 Å². The van der Waals surface area contributed by atoms with E-state index in [1.165, 1.54) is 13.1 Å². The van der Waals surface area contributed by atoms with Gasteiger partial charge in [-0.2, -0.15) is 0 Å². The predicted octanol–water partition coefficient (Wildman–Crippen LogP) is 3.87. The number of nitrogens with one attached hydrogen (secondary N) is 1. The molecular formula is C20H17N3O4S2. The van der Waals surface area contributed by atoms with Crippen LogP contribution in [0.4, 0.5) is 5.82 Å². The number of hydrogen-bond donors (Lipinski definition) is 1. The van der Waals surface area contributed by atoms with Gasteiger partial charge >= 0.3 is 0 Å². The molecule has 0 bridgehead atoms. The zero-order chi connectivity index (χ0) is 20.6. The molecule has 0 aliphatic rings. The molecule has 3 aromatic rings. The molecule has 29 heavy (non-hydrogen) atoms. The van der Waals surface area contributed by atoms with Crippen LogP contribution in [0.2, 0.25) is 0 Å². The topological polar surface area (TPSA) is 98.2 Å². The van der Waals surface area contributed by atoms with E-state index < -0.39 is 11.0 Å². The zero-order valence-electron chi connectivity index (χ0n) is 15.4. The minimum absolute atomic E-state index is 0.0721. The molecule has 1 N–H and O–H groups in total. The zero-order valence-corrected chi connectivity index (χ0v) is 17.0. The highest BCUT2D eigenvalue weighted by Gasteiger charge is 2.10. The van der Waals surface area contributed by atoms with Crippen molar-refractivity contribution in [3.63, 3.8) is 0 Å². The van der Waals surface area contributed by atoms with Crippen LogP contribution in [-0.4, -0.2) is 30.8 Å². The summed E-state index contributed by atoms with van der Waals surface area (Å²) >= 11 is 0.953. The van der Waals surface area contributed by atoms with Crippen LogP contribution >= 0.6 is 11.8 Å². The maximum Gasteiger partial charge on any atom is 0.219 e. The highest BCUT2D eigenvalue weighted by Crippen LogP contribution is 2.21. The largest absolute Gasteiger partial charge is 0.439 e. The van der Waals surface area contributed by atoms with Gasteiger partial charge in [0.25, 0.3) is 0 Å². The van der Waals surface area contributed by atoms with Gasteiger partial charge in [-0.05, 0) is 42.5 Å². The second-order valence-corrected chi connectivity index (χ2v) is 8.11. The summed E-state index contributed by atoms with van der Waals surface area (Å²) in [4.78, 5) is 31.6. The standard InChI is InChI=1S/C20H17N3O4S2/c1-14(24)28-13-18(25)15-5-10-19(22-12-15)23-29(26)17-8-6-16(7-9-17)27-20-4-2-3-11-21-20/h2-12H,13H2,1H3,(H,22,23). The van der Waals surface area contributed by atoms with Crippen molar-refractivity contribution < 1.29 is 18.5 Å². The van der Waals surface area contributed by atoms with E-state index in [0.29, 0.717) is 27.9 Å². The third-order valence-corrected chi connectivity index (χ3v) is 5.50. The third kappa shape index (κ3) is 6.23. The lowest BCUT2D eigenvalue weighted by atomic mass is 10.2. The predicted molar refractivity (Wildman–Crippen MR) is 112 cm³/mol. The summed E-state index contributed by atoms with van der Waals surface area (Å²) in [6.07, 6.45) is 3.03. The first-order valence-electron chi connectivity index (χ1n) is 8.51. The molecule has 148 valence electrons. The van der Waals surface area contributed by atoms with Gasteiger partial charge in [-0.3, -0.25) is 14.3 Å². The molecule has 0 aliphatic carbocycles. The highest BCUT2D eigenvalue weighted by atomic mass is 32.2. The van der Waals surface area contributed by atoms with Crippen molar-refractivity contribution in [3.05, 3.63) is 72.6 Å². The number of thioether (sulfide) groups is 1. The summed E-state index contributed by atoms with van der Waals surface area (Å²) in [5, 5.41) is -0.114. The Labute approximate surface area is 174 Å². The van der Waals surface area contributed by atoms with Crippen molar-refractivity contribution in [1.29, 1.82) is 0 Å². The van der Waals surface area contributed by atoms with Crippen LogP contribution in [0.15, 0.2) is 71.9 Å². The molecule has 2 aromatic heterocycles. The van der Waals surface area contributed by atoms with Crippen LogP contribution in [-0.2, 0) is 15.8 Å². The smallest absolute Gasteiger partial charge is 0.219 e. The van der Waals surface area contributed by atoms with Crippen LogP contribution in [0, 0.1) is 0 Å². The van der Waals surface area contributed by atoms with Gasteiger partial charge < -0.3 is 4.74 Å². The molecule has 3 rings (SSSR count). The Bertz CT molecular complexity index is 1010. The quantitative estimate of drug-likeness (QED) is 0.545. The summed E-state index contributed by atoms with van der Waals surface area (Å²) in [7, 11) is -1.53. The number of benzene rings is 1. The number of pyridine rings is 2. The van der Waals surface area contributed by atoms with Crippen molar-refractivity contribution in [2.75, 3.05) is 10.5 Å². The second kappa shape index (κ2) is 9.94. The fraction of sp³-hybridized carbons (Fsp3) is 0.100. The molecule has 0 fully saturated rings. The van der Waals surface area contributed by atoms with Gasteiger partial charge in [0.05, 0.1) is 10.6 Å². The van der Waals surface area contributed by atoms with Crippen LogP contribution in [0.5, 0.6) is 11.6 Å². The molecule has 0 radical (unpaired) electrons. The minimum Gasteiger partial charge on any atom is -0.439 e. The summed E-state index contributed by atoms with van der Waals surface area (Å²) in [6.45, 7) is 1.41. The molecule has 0 saturated carbocycles. The van der Waals surface area contributed by atoms with Crippen molar-refractivity contribution in [3.8, 4) is 11.6 Å². The van der Waals surface area contributed by atoms with Crippen LogP contribution in [0.1, 0.15) is 17.3 Å². The van der Waals surface area contributed by atoms with E-state index in [-0.39, 0.29) is 16.7 Å². The van der Waals surface area contributed by atoms with E-state index in [2.05, 4.69) is 14.7 Å². The van der Waals surface area contributed by atoms with Gasteiger partial charge in [0.2, 0.25) is 5.88 Å². The van der Waals surface area contributed by atoms with Crippen LogP contribution in [0.25, 0.3) is 0 Å².